The van der Waals surface area contributed by atoms with E-state index in [0.29, 0.717) is 28.8 Å². The Kier molecular flexibility index (Phi) is 8.79. The average Bonchev–Trinajstić information content (AvgIpc) is 3.28. The second kappa shape index (κ2) is 11.4. The van der Waals surface area contributed by atoms with Gasteiger partial charge in [0.15, 0.2) is 11.6 Å². The van der Waals surface area contributed by atoms with Crippen LogP contribution in [0.5, 0.6) is 17.2 Å². The molecular formula is C25H27BrClNO7. The lowest BCUT2D eigenvalue weighted by Gasteiger charge is -2.28. The van der Waals surface area contributed by atoms with Gasteiger partial charge < -0.3 is 24.6 Å². The molecular weight excluding hydrogens is 542 g/mol. The van der Waals surface area contributed by atoms with Gasteiger partial charge >= 0.3 is 5.97 Å². The topological polar surface area (TPSA) is 111 Å². The lowest BCUT2D eigenvalue weighted by molar-refractivity contribution is -0.146. The van der Waals surface area contributed by atoms with E-state index in [-0.39, 0.29) is 39.6 Å². The average molecular weight is 569 g/mol. The number of ether oxygens (including phenoxy) is 3. The zero-order chi connectivity index (χ0) is 25.9. The van der Waals surface area contributed by atoms with Crippen LogP contribution in [0.15, 0.2) is 28.7 Å². The van der Waals surface area contributed by atoms with Crippen LogP contribution in [0.4, 0.5) is 0 Å². The van der Waals surface area contributed by atoms with Crippen LogP contribution in [0, 0.1) is 0 Å². The largest absolute Gasteiger partial charge is 0.507 e. The molecule has 0 aliphatic carbocycles. The van der Waals surface area contributed by atoms with E-state index in [1.54, 1.807) is 19.1 Å². The lowest BCUT2D eigenvalue weighted by Crippen LogP contribution is -2.39. The first-order valence-corrected chi connectivity index (χ1v) is 12.2. The number of phenolic OH excluding ortho intramolecular Hbond substituents is 1. The summed E-state index contributed by atoms with van der Waals surface area (Å²) in [7, 11) is 2.81. The maximum absolute atomic E-state index is 13.3. The number of rotatable bonds is 9. The fourth-order valence-corrected chi connectivity index (χ4v) is 5.12. The molecule has 1 saturated heterocycles. The van der Waals surface area contributed by atoms with E-state index in [1.165, 1.54) is 33.3 Å². The van der Waals surface area contributed by atoms with E-state index < -0.39 is 30.1 Å². The number of esters is 1. The monoisotopic (exact) mass is 567 g/mol. The zero-order valence-corrected chi connectivity index (χ0v) is 22.2. The van der Waals surface area contributed by atoms with Gasteiger partial charge in [-0.3, -0.25) is 14.4 Å². The third kappa shape index (κ3) is 5.63. The van der Waals surface area contributed by atoms with Crippen LogP contribution in [0.3, 0.4) is 0 Å². The van der Waals surface area contributed by atoms with E-state index in [2.05, 4.69) is 21.2 Å². The molecule has 0 bridgehead atoms. The van der Waals surface area contributed by atoms with Gasteiger partial charge in [0, 0.05) is 34.5 Å². The predicted octanol–water partition coefficient (Wildman–Crippen LogP) is 4.68. The standard InChI is InChI=1S/C25H27BrClNO7/c1-12(35-13(2)29)24-15(8-9-28-24)21-19(33-3)11-20(34-4)22(25(21)32)18(31)10-17(30)14-6-5-7-16(26)23(14)27/h5-7,11-12,15,24,28,32H,8-10H2,1-4H3. The van der Waals surface area contributed by atoms with E-state index >= 15 is 0 Å². The van der Waals surface area contributed by atoms with Gasteiger partial charge in [-0.25, -0.2) is 0 Å². The second-order valence-corrected chi connectivity index (χ2v) is 9.46. The first-order valence-electron chi connectivity index (χ1n) is 11.0. The van der Waals surface area contributed by atoms with Gasteiger partial charge in [-0.15, -0.1) is 0 Å². The highest BCUT2D eigenvalue weighted by Crippen LogP contribution is 2.47. The number of hydrogen-bond acceptors (Lipinski definition) is 8. The number of benzene rings is 2. The van der Waals surface area contributed by atoms with Crippen LogP contribution in [0.1, 0.15) is 58.9 Å². The Bertz CT molecular complexity index is 1150. The molecule has 1 heterocycles. The summed E-state index contributed by atoms with van der Waals surface area (Å²) in [5.74, 6) is -1.79. The molecule has 3 unspecified atom stereocenters. The second-order valence-electron chi connectivity index (χ2n) is 8.23. The number of aromatic hydroxyl groups is 1. The van der Waals surface area contributed by atoms with Crippen molar-refractivity contribution in [3.05, 3.63) is 50.5 Å². The minimum atomic E-state index is -0.625. The third-order valence-electron chi connectivity index (χ3n) is 6.05. The highest BCUT2D eigenvalue weighted by atomic mass is 79.9. The van der Waals surface area contributed by atoms with Crippen molar-refractivity contribution in [2.75, 3.05) is 20.8 Å². The van der Waals surface area contributed by atoms with Gasteiger partial charge in [-0.2, -0.15) is 0 Å². The van der Waals surface area contributed by atoms with E-state index in [4.69, 9.17) is 25.8 Å². The summed E-state index contributed by atoms with van der Waals surface area (Å²) >= 11 is 9.50. The molecule has 0 aromatic heterocycles. The number of Topliss-reactive ketones (excluding diaryl/α,β-unsaturated/α-hetero) is 2. The molecule has 1 aliphatic rings. The summed E-state index contributed by atoms with van der Waals surface area (Å²) in [6.07, 6.45) is -0.417. The number of phenols is 1. The van der Waals surface area contributed by atoms with E-state index in [1.807, 2.05) is 0 Å². The molecule has 3 atom stereocenters. The van der Waals surface area contributed by atoms with Gasteiger partial charge in [-0.05, 0) is 48.0 Å². The first kappa shape index (κ1) is 27.0. The van der Waals surface area contributed by atoms with Crippen LogP contribution in [-0.4, -0.2) is 55.6 Å². The normalized spacial score (nSPS) is 18.1. The van der Waals surface area contributed by atoms with Gasteiger partial charge in [0.1, 0.15) is 28.9 Å². The molecule has 188 valence electrons. The Labute approximate surface area is 217 Å². The molecule has 1 fully saturated rings. The van der Waals surface area contributed by atoms with Crippen molar-refractivity contribution in [3.63, 3.8) is 0 Å². The molecule has 8 nitrogen and oxygen atoms in total. The van der Waals surface area contributed by atoms with Crippen molar-refractivity contribution in [1.82, 2.24) is 5.32 Å². The van der Waals surface area contributed by atoms with Crippen LogP contribution in [0.2, 0.25) is 5.02 Å². The highest BCUT2D eigenvalue weighted by molar-refractivity contribution is 9.10. The number of hydrogen-bond donors (Lipinski definition) is 2. The van der Waals surface area contributed by atoms with Crippen molar-refractivity contribution in [2.24, 2.45) is 0 Å². The van der Waals surface area contributed by atoms with E-state index in [9.17, 15) is 19.5 Å². The number of carbonyl (C=O) groups excluding carboxylic acids is 3. The number of nitrogens with one attached hydrogen (secondary N) is 1. The smallest absolute Gasteiger partial charge is 0.302 e. The minimum absolute atomic E-state index is 0.0804. The summed E-state index contributed by atoms with van der Waals surface area (Å²) in [6.45, 7) is 3.70. The van der Waals surface area contributed by atoms with Crippen LogP contribution >= 0.6 is 27.5 Å². The molecule has 35 heavy (non-hydrogen) atoms. The van der Waals surface area contributed by atoms with E-state index in [0.717, 1.165) is 0 Å². The maximum atomic E-state index is 13.3. The SMILES string of the molecule is COc1cc(OC)c(C2CCNC2C(C)OC(C)=O)c(O)c1C(=O)CC(=O)c1cccc(Br)c1Cl. The fraction of sp³-hybridized carbons (Fsp3) is 0.400. The Hall–Kier alpha value is -2.62. The quantitative estimate of drug-likeness (QED) is 0.255. The Morgan fingerprint density at radius 2 is 1.89 bits per heavy atom. The molecule has 0 saturated carbocycles. The number of carbonyl (C=O) groups is 3. The highest BCUT2D eigenvalue weighted by Gasteiger charge is 2.39. The Morgan fingerprint density at radius 3 is 2.51 bits per heavy atom. The van der Waals surface area contributed by atoms with Gasteiger partial charge in [0.25, 0.3) is 0 Å². The first-order chi connectivity index (χ1) is 16.6. The van der Waals surface area contributed by atoms with Gasteiger partial charge in [0.2, 0.25) is 0 Å². The molecule has 1 aliphatic heterocycles. The summed E-state index contributed by atoms with van der Waals surface area (Å²) in [6, 6.07) is 6.07. The lowest BCUT2D eigenvalue weighted by atomic mass is 9.85. The molecule has 0 radical (unpaired) electrons. The third-order valence-corrected chi connectivity index (χ3v) is 7.35. The van der Waals surface area contributed by atoms with Gasteiger partial charge in [0.05, 0.1) is 31.7 Å². The maximum Gasteiger partial charge on any atom is 0.302 e. The molecule has 2 N–H and O–H groups in total. The number of methoxy groups -OCH3 is 2. The minimum Gasteiger partial charge on any atom is -0.507 e. The molecule has 0 spiro atoms. The molecule has 2 aromatic rings. The van der Waals surface area contributed by atoms with Crippen molar-refractivity contribution in [2.45, 2.75) is 44.8 Å². The Morgan fingerprint density at radius 1 is 1.20 bits per heavy atom. The van der Waals surface area contributed by atoms with Crippen LogP contribution < -0.4 is 14.8 Å². The van der Waals surface area contributed by atoms with Crippen LogP contribution in [0.25, 0.3) is 0 Å². The zero-order valence-electron chi connectivity index (χ0n) is 19.8. The van der Waals surface area contributed by atoms with Crippen LogP contribution in [-0.2, 0) is 9.53 Å². The molecule has 3 rings (SSSR count). The fourth-order valence-electron chi connectivity index (χ4n) is 4.52. The number of ketones is 2. The predicted molar refractivity (Wildman–Crippen MR) is 134 cm³/mol. The molecule has 10 heteroatoms. The Balaban J connectivity index is 2.03. The molecule has 2 aromatic carbocycles. The van der Waals surface area contributed by atoms with Gasteiger partial charge in [-0.1, -0.05) is 17.7 Å². The van der Waals surface area contributed by atoms with Crippen molar-refractivity contribution >= 4 is 45.1 Å². The van der Waals surface area contributed by atoms with Crippen molar-refractivity contribution < 1.29 is 33.7 Å². The summed E-state index contributed by atoms with van der Waals surface area (Å²) in [4.78, 5) is 37.7. The van der Waals surface area contributed by atoms with Crippen molar-refractivity contribution in [1.29, 1.82) is 0 Å². The van der Waals surface area contributed by atoms with Crippen molar-refractivity contribution in [3.8, 4) is 17.2 Å². The summed E-state index contributed by atoms with van der Waals surface area (Å²) < 4.78 is 16.8. The summed E-state index contributed by atoms with van der Waals surface area (Å²) in [5.41, 5.74) is 0.462. The number of halogens is 2. The summed E-state index contributed by atoms with van der Waals surface area (Å²) in [5, 5.41) is 14.8. The molecule has 0 amide bonds.